The Balaban J connectivity index is 2.05. The highest BCUT2D eigenvalue weighted by Crippen LogP contribution is 2.29. The standard InChI is InChI=1S/C15H19NO5/c1-15(8-7-13(17)18)10-16(14(19)21-15)9-11-5-3-4-6-12(11)20-2/h3-6H,7-10H2,1-2H3,(H,17,18). The Morgan fingerprint density at radius 1 is 1.48 bits per heavy atom. The van der Waals surface area contributed by atoms with Gasteiger partial charge in [-0.1, -0.05) is 18.2 Å². The third-order valence-corrected chi connectivity index (χ3v) is 3.54. The van der Waals surface area contributed by atoms with Crippen molar-refractivity contribution in [3.05, 3.63) is 29.8 Å². The second-order valence-corrected chi connectivity index (χ2v) is 5.38. The fraction of sp³-hybridized carbons (Fsp3) is 0.467. The van der Waals surface area contributed by atoms with E-state index in [1.54, 1.807) is 18.9 Å². The predicted octanol–water partition coefficient (Wildman–Crippen LogP) is 2.27. The van der Waals surface area contributed by atoms with Crippen LogP contribution < -0.4 is 4.74 Å². The van der Waals surface area contributed by atoms with Gasteiger partial charge >= 0.3 is 12.1 Å². The van der Waals surface area contributed by atoms with Gasteiger partial charge in [-0.05, 0) is 19.4 Å². The van der Waals surface area contributed by atoms with Crippen LogP contribution in [0.15, 0.2) is 24.3 Å². The van der Waals surface area contributed by atoms with Gasteiger partial charge in [0, 0.05) is 12.0 Å². The molecule has 0 aliphatic carbocycles. The van der Waals surface area contributed by atoms with Gasteiger partial charge in [-0.3, -0.25) is 9.69 Å². The molecule has 6 heteroatoms. The summed E-state index contributed by atoms with van der Waals surface area (Å²) in [5.74, 6) is -0.181. The van der Waals surface area contributed by atoms with Crippen LogP contribution in [0.3, 0.4) is 0 Å². The summed E-state index contributed by atoms with van der Waals surface area (Å²) in [6, 6.07) is 7.46. The van der Waals surface area contributed by atoms with E-state index in [1.807, 2.05) is 24.3 Å². The van der Waals surface area contributed by atoms with Crippen molar-refractivity contribution in [2.75, 3.05) is 13.7 Å². The summed E-state index contributed by atoms with van der Waals surface area (Å²) in [5, 5.41) is 8.75. The molecule has 21 heavy (non-hydrogen) atoms. The van der Waals surface area contributed by atoms with E-state index in [1.165, 1.54) is 0 Å². The van der Waals surface area contributed by atoms with Gasteiger partial charge in [-0.25, -0.2) is 4.79 Å². The molecule has 1 aromatic carbocycles. The number of para-hydroxylation sites is 1. The second-order valence-electron chi connectivity index (χ2n) is 5.38. The molecule has 1 atom stereocenters. The van der Waals surface area contributed by atoms with E-state index in [0.29, 0.717) is 25.3 Å². The second kappa shape index (κ2) is 6.03. The van der Waals surface area contributed by atoms with Crippen LogP contribution in [0, 0.1) is 0 Å². The number of carboxylic acids is 1. The summed E-state index contributed by atoms with van der Waals surface area (Å²) < 4.78 is 10.6. The monoisotopic (exact) mass is 293 g/mol. The van der Waals surface area contributed by atoms with Gasteiger partial charge in [-0.15, -0.1) is 0 Å². The molecule has 1 saturated heterocycles. The molecule has 0 bridgehead atoms. The largest absolute Gasteiger partial charge is 0.496 e. The number of methoxy groups -OCH3 is 1. The smallest absolute Gasteiger partial charge is 0.410 e. The minimum Gasteiger partial charge on any atom is -0.496 e. The summed E-state index contributed by atoms with van der Waals surface area (Å²) >= 11 is 0. The highest BCUT2D eigenvalue weighted by molar-refractivity contribution is 5.71. The van der Waals surface area contributed by atoms with Crippen molar-refractivity contribution in [1.29, 1.82) is 0 Å². The maximum absolute atomic E-state index is 12.0. The van der Waals surface area contributed by atoms with Crippen LogP contribution in [-0.2, 0) is 16.1 Å². The molecule has 1 heterocycles. The van der Waals surface area contributed by atoms with Crippen molar-refractivity contribution >= 4 is 12.1 Å². The van der Waals surface area contributed by atoms with E-state index >= 15 is 0 Å². The van der Waals surface area contributed by atoms with E-state index in [0.717, 1.165) is 5.56 Å². The number of cyclic esters (lactones) is 1. The van der Waals surface area contributed by atoms with E-state index in [9.17, 15) is 9.59 Å². The number of hydrogen-bond acceptors (Lipinski definition) is 4. The Morgan fingerprint density at radius 3 is 2.86 bits per heavy atom. The first kappa shape index (κ1) is 15.2. The average Bonchev–Trinajstić information content (AvgIpc) is 2.73. The van der Waals surface area contributed by atoms with Crippen molar-refractivity contribution in [3.63, 3.8) is 0 Å². The molecule has 0 saturated carbocycles. The molecule has 1 amide bonds. The Kier molecular flexibility index (Phi) is 4.35. The minimum atomic E-state index is -0.893. The molecule has 6 nitrogen and oxygen atoms in total. The molecule has 1 N–H and O–H groups in total. The number of nitrogens with zero attached hydrogens (tertiary/aromatic N) is 1. The fourth-order valence-electron chi connectivity index (χ4n) is 2.44. The third-order valence-electron chi connectivity index (χ3n) is 3.54. The highest BCUT2D eigenvalue weighted by Gasteiger charge is 2.41. The lowest BCUT2D eigenvalue weighted by Crippen LogP contribution is -2.31. The van der Waals surface area contributed by atoms with Crippen molar-refractivity contribution in [2.45, 2.75) is 31.9 Å². The van der Waals surface area contributed by atoms with Crippen LogP contribution >= 0.6 is 0 Å². The van der Waals surface area contributed by atoms with Crippen LogP contribution in [0.25, 0.3) is 0 Å². The number of carbonyl (C=O) groups is 2. The Morgan fingerprint density at radius 2 is 2.19 bits per heavy atom. The Bertz CT molecular complexity index is 545. The van der Waals surface area contributed by atoms with E-state index in [2.05, 4.69) is 0 Å². The predicted molar refractivity (Wildman–Crippen MR) is 75.2 cm³/mol. The summed E-state index contributed by atoms with van der Waals surface area (Å²) in [6.07, 6.45) is -0.142. The quantitative estimate of drug-likeness (QED) is 0.870. The Hall–Kier alpha value is -2.24. The lowest BCUT2D eigenvalue weighted by atomic mass is 10.00. The number of carboxylic acid groups (broad SMARTS) is 1. The lowest BCUT2D eigenvalue weighted by Gasteiger charge is -2.21. The number of amides is 1. The van der Waals surface area contributed by atoms with Crippen molar-refractivity contribution in [2.24, 2.45) is 0 Å². The molecule has 1 unspecified atom stereocenters. The molecule has 2 rings (SSSR count). The van der Waals surface area contributed by atoms with Crippen LogP contribution in [0.1, 0.15) is 25.3 Å². The molecular formula is C15H19NO5. The zero-order valence-electron chi connectivity index (χ0n) is 12.2. The first-order valence-corrected chi connectivity index (χ1v) is 6.75. The topological polar surface area (TPSA) is 76.1 Å². The van der Waals surface area contributed by atoms with E-state index in [4.69, 9.17) is 14.6 Å². The van der Waals surface area contributed by atoms with Gasteiger partial charge in [-0.2, -0.15) is 0 Å². The number of rotatable bonds is 6. The minimum absolute atomic E-state index is 0.0215. The van der Waals surface area contributed by atoms with Crippen molar-refractivity contribution in [1.82, 2.24) is 4.90 Å². The van der Waals surface area contributed by atoms with Gasteiger partial charge in [0.25, 0.3) is 0 Å². The maximum atomic E-state index is 12.0. The normalized spacial score (nSPS) is 21.2. The zero-order chi connectivity index (χ0) is 15.5. The van der Waals surface area contributed by atoms with Crippen LogP contribution in [0.2, 0.25) is 0 Å². The molecular weight excluding hydrogens is 274 g/mol. The summed E-state index contributed by atoms with van der Waals surface area (Å²) in [4.78, 5) is 24.2. The van der Waals surface area contributed by atoms with Crippen molar-refractivity contribution < 1.29 is 24.2 Å². The zero-order valence-corrected chi connectivity index (χ0v) is 12.2. The molecule has 0 radical (unpaired) electrons. The third kappa shape index (κ3) is 3.65. The van der Waals surface area contributed by atoms with Crippen LogP contribution in [0.4, 0.5) is 4.79 Å². The molecule has 1 aliphatic rings. The number of benzene rings is 1. The first-order chi connectivity index (χ1) is 9.93. The summed E-state index contributed by atoms with van der Waals surface area (Å²) in [6.45, 7) is 2.51. The van der Waals surface area contributed by atoms with Crippen LogP contribution in [-0.4, -0.2) is 41.3 Å². The molecule has 1 fully saturated rings. The SMILES string of the molecule is COc1ccccc1CN1CC(C)(CCC(=O)O)OC1=O. The number of hydrogen-bond donors (Lipinski definition) is 1. The molecule has 0 aromatic heterocycles. The van der Waals surface area contributed by atoms with Gasteiger partial charge in [0.15, 0.2) is 0 Å². The number of carbonyl (C=O) groups excluding carboxylic acids is 1. The maximum Gasteiger partial charge on any atom is 0.410 e. The fourth-order valence-corrected chi connectivity index (χ4v) is 2.44. The van der Waals surface area contributed by atoms with Gasteiger partial charge in [0.2, 0.25) is 0 Å². The van der Waals surface area contributed by atoms with Gasteiger partial charge in [0.1, 0.15) is 11.4 Å². The molecule has 114 valence electrons. The summed E-state index contributed by atoms with van der Waals surface area (Å²) in [5.41, 5.74) is 0.136. The van der Waals surface area contributed by atoms with Crippen molar-refractivity contribution in [3.8, 4) is 5.75 Å². The number of aliphatic carboxylic acids is 1. The first-order valence-electron chi connectivity index (χ1n) is 6.75. The molecule has 0 spiro atoms. The molecule has 1 aliphatic heterocycles. The van der Waals surface area contributed by atoms with Gasteiger partial charge < -0.3 is 14.6 Å². The lowest BCUT2D eigenvalue weighted by molar-refractivity contribution is -0.138. The van der Waals surface area contributed by atoms with Gasteiger partial charge in [0.05, 0.1) is 20.2 Å². The van der Waals surface area contributed by atoms with E-state index < -0.39 is 17.7 Å². The van der Waals surface area contributed by atoms with Crippen LogP contribution in [0.5, 0.6) is 5.75 Å². The summed E-state index contributed by atoms with van der Waals surface area (Å²) in [7, 11) is 1.58. The number of ether oxygens (including phenoxy) is 2. The highest BCUT2D eigenvalue weighted by atomic mass is 16.6. The molecule has 1 aromatic rings. The van der Waals surface area contributed by atoms with E-state index in [-0.39, 0.29) is 6.42 Å². The Labute approximate surface area is 123 Å². The average molecular weight is 293 g/mol.